The summed E-state index contributed by atoms with van der Waals surface area (Å²) in [6.07, 6.45) is 3.72. The van der Waals surface area contributed by atoms with Crippen LogP contribution in [0.3, 0.4) is 0 Å². The Morgan fingerprint density at radius 2 is 2.18 bits per heavy atom. The van der Waals surface area contributed by atoms with Crippen LogP contribution in [-0.4, -0.2) is 25.7 Å². The topological polar surface area (TPSA) is 38.3 Å². The molecule has 0 aromatic rings. The van der Waals surface area contributed by atoms with E-state index in [-0.39, 0.29) is 17.3 Å². The van der Waals surface area contributed by atoms with Gasteiger partial charge in [0, 0.05) is 18.5 Å². The SMILES string of the molecule is CCOC(=O)C1CNCC12CC(C)CCC2C. The number of hydrogen-bond acceptors (Lipinski definition) is 3. The molecule has 0 bridgehead atoms. The van der Waals surface area contributed by atoms with Crippen molar-refractivity contribution in [1.82, 2.24) is 5.32 Å². The van der Waals surface area contributed by atoms with E-state index >= 15 is 0 Å². The molecule has 4 unspecified atom stereocenters. The van der Waals surface area contributed by atoms with E-state index in [1.54, 1.807) is 0 Å². The highest BCUT2D eigenvalue weighted by Gasteiger charge is 2.52. The van der Waals surface area contributed by atoms with E-state index in [0.717, 1.165) is 19.0 Å². The van der Waals surface area contributed by atoms with Crippen molar-refractivity contribution >= 4 is 5.97 Å². The largest absolute Gasteiger partial charge is 0.466 e. The Kier molecular flexibility index (Phi) is 3.76. The lowest BCUT2D eigenvalue weighted by Gasteiger charge is -2.45. The zero-order valence-electron chi connectivity index (χ0n) is 11.3. The summed E-state index contributed by atoms with van der Waals surface area (Å²) in [4.78, 5) is 12.1. The Morgan fingerprint density at radius 3 is 2.88 bits per heavy atom. The number of esters is 1. The van der Waals surface area contributed by atoms with Crippen LogP contribution < -0.4 is 5.32 Å². The molecule has 4 atom stereocenters. The van der Waals surface area contributed by atoms with Crippen LogP contribution in [-0.2, 0) is 9.53 Å². The summed E-state index contributed by atoms with van der Waals surface area (Å²) in [6.45, 7) is 8.80. The minimum absolute atomic E-state index is 0.0125. The van der Waals surface area contributed by atoms with Gasteiger partial charge in [-0.25, -0.2) is 0 Å². The van der Waals surface area contributed by atoms with Gasteiger partial charge in [-0.15, -0.1) is 0 Å². The number of ether oxygens (including phenoxy) is 1. The Labute approximate surface area is 104 Å². The minimum Gasteiger partial charge on any atom is -0.466 e. The van der Waals surface area contributed by atoms with Crippen LogP contribution in [0.1, 0.15) is 40.0 Å². The molecule has 0 amide bonds. The molecule has 2 fully saturated rings. The van der Waals surface area contributed by atoms with Gasteiger partial charge < -0.3 is 10.1 Å². The maximum Gasteiger partial charge on any atom is 0.310 e. The van der Waals surface area contributed by atoms with Crippen molar-refractivity contribution in [3.05, 3.63) is 0 Å². The molecule has 0 aromatic carbocycles. The zero-order chi connectivity index (χ0) is 12.5. The average molecular weight is 239 g/mol. The lowest BCUT2D eigenvalue weighted by Crippen LogP contribution is -2.45. The van der Waals surface area contributed by atoms with Gasteiger partial charge in [0.2, 0.25) is 0 Å². The maximum absolute atomic E-state index is 12.1. The predicted molar refractivity (Wildman–Crippen MR) is 67.6 cm³/mol. The van der Waals surface area contributed by atoms with Gasteiger partial charge in [0.25, 0.3) is 0 Å². The highest BCUT2D eigenvalue weighted by Crippen LogP contribution is 2.50. The van der Waals surface area contributed by atoms with E-state index in [9.17, 15) is 4.79 Å². The van der Waals surface area contributed by atoms with Crippen LogP contribution in [0.25, 0.3) is 0 Å². The molecule has 1 N–H and O–H groups in total. The first-order chi connectivity index (χ1) is 8.10. The second-order valence-electron chi connectivity index (χ2n) is 5.96. The summed E-state index contributed by atoms with van der Waals surface area (Å²) in [7, 11) is 0. The van der Waals surface area contributed by atoms with Crippen LogP contribution in [0, 0.1) is 23.2 Å². The van der Waals surface area contributed by atoms with Crippen molar-refractivity contribution < 1.29 is 9.53 Å². The van der Waals surface area contributed by atoms with E-state index in [1.165, 1.54) is 19.3 Å². The van der Waals surface area contributed by atoms with Gasteiger partial charge in [-0.1, -0.05) is 20.3 Å². The molecule has 1 aliphatic carbocycles. The monoisotopic (exact) mass is 239 g/mol. The fraction of sp³-hybridized carbons (Fsp3) is 0.929. The third-order valence-corrected chi connectivity index (χ3v) is 4.87. The number of hydrogen-bond donors (Lipinski definition) is 1. The number of rotatable bonds is 2. The Bertz CT molecular complexity index is 292. The standard InChI is InChI=1S/C14H25NO2/c1-4-17-13(16)12-8-15-9-14(12)7-10(2)5-6-11(14)3/h10-12,15H,4-9H2,1-3H3. The van der Waals surface area contributed by atoms with Gasteiger partial charge in [0.05, 0.1) is 12.5 Å². The first-order valence-corrected chi connectivity index (χ1v) is 6.97. The minimum atomic E-state index is 0.0125. The summed E-state index contributed by atoms with van der Waals surface area (Å²) in [5, 5.41) is 3.42. The van der Waals surface area contributed by atoms with Gasteiger partial charge in [-0.2, -0.15) is 0 Å². The van der Waals surface area contributed by atoms with Gasteiger partial charge in [-0.05, 0) is 31.6 Å². The summed E-state index contributed by atoms with van der Waals surface area (Å²) in [5.41, 5.74) is 0.157. The van der Waals surface area contributed by atoms with Crippen LogP contribution >= 0.6 is 0 Å². The molecule has 0 aromatic heterocycles. The first kappa shape index (κ1) is 12.9. The second kappa shape index (κ2) is 4.97. The fourth-order valence-corrected chi connectivity index (χ4v) is 3.84. The summed E-state index contributed by atoms with van der Waals surface area (Å²) in [6, 6.07) is 0. The Morgan fingerprint density at radius 1 is 1.41 bits per heavy atom. The molecule has 98 valence electrons. The Balaban J connectivity index is 2.18. The van der Waals surface area contributed by atoms with Crippen molar-refractivity contribution in [3.8, 4) is 0 Å². The van der Waals surface area contributed by atoms with E-state index in [0.29, 0.717) is 12.5 Å². The fourth-order valence-electron chi connectivity index (χ4n) is 3.84. The van der Waals surface area contributed by atoms with Crippen LogP contribution in [0.4, 0.5) is 0 Å². The number of carbonyl (C=O) groups excluding carboxylic acids is 1. The third kappa shape index (κ3) is 2.22. The Hall–Kier alpha value is -0.570. The van der Waals surface area contributed by atoms with Crippen molar-refractivity contribution in [2.45, 2.75) is 40.0 Å². The predicted octanol–water partition coefficient (Wildman–Crippen LogP) is 2.21. The van der Waals surface area contributed by atoms with Crippen LogP contribution in [0.15, 0.2) is 0 Å². The molecule has 1 saturated heterocycles. The van der Waals surface area contributed by atoms with Gasteiger partial charge >= 0.3 is 5.97 Å². The van der Waals surface area contributed by atoms with Crippen molar-refractivity contribution in [2.75, 3.05) is 19.7 Å². The van der Waals surface area contributed by atoms with E-state index in [4.69, 9.17) is 4.74 Å². The molecule has 1 heterocycles. The number of carbonyl (C=O) groups is 1. The molecule has 1 saturated carbocycles. The third-order valence-electron chi connectivity index (χ3n) is 4.87. The normalized spacial score (nSPS) is 41.7. The molecule has 3 nitrogen and oxygen atoms in total. The smallest absolute Gasteiger partial charge is 0.310 e. The summed E-state index contributed by atoms with van der Waals surface area (Å²) in [5.74, 6) is 1.45. The zero-order valence-corrected chi connectivity index (χ0v) is 11.3. The molecule has 1 spiro atoms. The summed E-state index contributed by atoms with van der Waals surface area (Å²) < 4.78 is 5.26. The second-order valence-corrected chi connectivity index (χ2v) is 5.96. The molecule has 17 heavy (non-hydrogen) atoms. The molecule has 0 radical (unpaired) electrons. The van der Waals surface area contributed by atoms with E-state index in [1.807, 2.05) is 6.92 Å². The van der Waals surface area contributed by atoms with Crippen molar-refractivity contribution in [3.63, 3.8) is 0 Å². The average Bonchev–Trinajstić information content (AvgIpc) is 2.69. The van der Waals surface area contributed by atoms with Crippen molar-refractivity contribution in [1.29, 1.82) is 0 Å². The highest BCUT2D eigenvalue weighted by atomic mass is 16.5. The van der Waals surface area contributed by atoms with Crippen LogP contribution in [0.2, 0.25) is 0 Å². The van der Waals surface area contributed by atoms with Gasteiger partial charge in [0.1, 0.15) is 0 Å². The van der Waals surface area contributed by atoms with E-state index < -0.39 is 0 Å². The molecular weight excluding hydrogens is 214 g/mol. The maximum atomic E-state index is 12.1. The van der Waals surface area contributed by atoms with Crippen molar-refractivity contribution in [2.24, 2.45) is 23.2 Å². The first-order valence-electron chi connectivity index (χ1n) is 6.97. The molecule has 2 aliphatic rings. The molecule has 3 heteroatoms. The lowest BCUT2D eigenvalue weighted by molar-refractivity contribution is -0.153. The lowest BCUT2D eigenvalue weighted by atomic mass is 9.59. The van der Waals surface area contributed by atoms with E-state index in [2.05, 4.69) is 19.2 Å². The highest BCUT2D eigenvalue weighted by molar-refractivity contribution is 5.74. The summed E-state index contributed by atoms with van der Waals surface area (Å²) >= 11 is 0. The van der Waals surface area contributed by atoms with Crippen LogP contribution in [0.5, 0.6) is 0 Å². The van der Waals surface area contributed by atoms with Gasteiger partial charge in [-0.3, -0.25) is 4.79 Å². The molecule has 2 rings (SSSR count). The molecular formula is C14H25NO2. The molecule has 1 aliphatic heterocycles. The number of nitrogens with one attached hydrogen (secondary N) is 1. The van der Waals surface area contributed by atoms with Gasteiger partial charge in [0.15, 0.2) is 0 Å². The quantitative estimate of drug-likeness (QED) is 0.751.